The van der Waals surface area contributed by atoms with Crippen molar-refractivity contribution in [1.29, 1.82) is 0 Å². The number of rotatable bonds is 5. The fourth-order valence-corrected chi connectivity index (χ4v) is 3.51. The van der Waals surface area contributed by atoms with Crippen molar-refractivity contribution in [3.8, 4) is 17.1 Å². The van der Waals surface area contributed by atoms with Crippen molar-refractivity contribution in [2.45, 2.75) is 32.4 Å². The number of aromatic nitrogens is 3. The van der Waals surface area contributed by atoms with Gasteiger partial charge in [-0.3, -0.25) is 4.79 Å². The molecule has 29 heavy (non-hydrogen) atoms. The van der Waals surface area contributed by atoms with Crippen LogP contribution in [-0.4, -0.2) is 27.3 Å². The predicted octanol–water partition coefficient (Wildman–Crippen LogP) is 3.94. The summed E-state index contributed by atoms with van der Waals surface area (Å²) in [6.07, 6.45) is 0.787. The number of nitrogens with one attached hydrogen (secondary N) is 1. The number of hydrogen-bond acceptors (Lipinski definition) is 4. The van der Waals surface area contributed by atoms with E-state index in [1.807, 2.05) is 31.2 Å². The zero-order valence-corrected chi connectivity index (χ0v) is 16.6. The molecule has 0 bridgehead atoms. The Morgan fingerprint density at radius 1 is 1.34 bits per heavy atom. The summed E-state index contributed by atoms with van der Waals surface area (Å²) in [6, 6.07) is 12.0. The number of hydrogen-bond donors (Lipinski definition) is 1. The number of aryl methyl sites for hydroxylation is 1. The van der Waals surface area contributed by atoms with E-state index >= 15 is 0 Å². The lowest BCUT2D eigenvalue weighted by atomic mass is 10.0. The largest absolute Gasteiger partial charge is 0.493 e. The number of nitrogens with zero attached hydrogens (tertiary/aromatic N) is 3. The molecule has 0 saturated carbocycles. The molecule has 0 saturated heterocycles. The van der Waals surface area contributed by atoms with Gasteiger partial charge in [-0.15, -0.1) is 0 Å². The van der Waals surface area contributed by atoms with Gasteiger partial charge < -0.3 is 10.1 Å². The molecule has 0 spiro atoms. The molecule has 1 aliphatic rings. The molecule has 0 radical (unpaired) electrons. The van der Waals surface area contributed by atoms with Crippen molar-refractivity contribution < 1.29 is 13.9 Å². The molecular formula is C21H20ClFN4O2. The minimum atomic E-state index is -0.533. The van der Waals surface area contributed by atoms with Crippen LogP contribution >= 0.6 is 11.6 Å². The third-order valence-electron chi connectivity index (χ3n) is 4.84. The molecule has 0 aliphatic carbocycles. The number of amides is 1. The van der Waals surface area contributed by atoms with Gasteiger partial charge in [0.15, 0.2) is 5.82 Å². The van der Waals surface area contributed by atoms with Crippen LogP contribution in [0.1, 0.15) is 30.8 Å². The van der Waals surface area contributed by atoms with E-state index in [4.69, 9.17) is 16.3 Å². The first-order valence-corrected chi connectivity index (χ1v) is 9.83. The average Bonchev–Trinajstić information content (AvgIpc) is 3.13. The fraction of sp³-hybridized carbons (Fsp3) is 0.286. The molecule has 1 N–H and O–H groups in total. The second-order valence-corrected chi connectivity index (χ2v) is 7.18. The van der Waals surface area contributed by atoms with Crippen LogP contribution in [0, 0.1) is 5.82 Å². The molecular weight excluding hydrogens is 395 g/mol. The number of fused-ring (bicyclic) bond motifs is 1. The number of para-hydroxylation sites is 1. The summed E-state index contributed by atoms with van der Waals surface area (Å²) in [5, 5.41) is 7.51. The Hall–Kier alpha value is -2.93. The van der Waals surface area contributed by atoms with Gasteiger partial charge in [-0.05, 0) is 31.2 Å². The summed E-state index contributed by atoms with van der Waals surface area (Å²) in [5.41, 5.74) is 1.49. The van der Waals surface area contributed by atoms with Gasteiger partial charge in [-0.1, -0.05) is 29.8 Å². The molecule has 4 rings (SSSR count). The van der Waals surface area contributed by atoms with Crippen molar-refractivity contribution in [2.75, 3.05) is 6.61 Å². The Kier molecular flexibility index (Phi) is 5.49. The van der Waals surface area contributed by atoms with E-state index < -0.39 is 5.82 Å². The Labute approximate surface area is 172 Å². The molecule has 1 aromatic heterocycles. The van der Waals surface area contributed by atoms with Crippen LogP contribution in [0.2, 0.25) is 5.02 Å². The Morgan fingerprint density at radius 2 is 2.17 bits per heavy atom. The van der Waals surface area contributed by atoms with Crippen molar-refractivity contribution in [2.24, 2.45) is 0 Å². The molecule has 0 unspecified atom stereocenters. The molecule has 1 atom stereocenters. The highest BCUT2D eigenvalue weighted by Gasteiger charge is 2.23. The lowest BCUT2D eigenvalue weighted by Gasteiger charge is -2.26. The SMILES string of the molecule is CCn1nc(-c2ccc(Cl)c(F)c2)nc1CC(=O)N[C@H]1CCOc2ccccc21. The normalized spacial score (nSPS) is 15.5. The van der Waals surface area contributed by atoms with Gasteiger partial charge in [0.1, 0.15) is 17.4 Å². The van der Waals surface area contributed by atoms with Crippen LogP contribution in [-0.2, 0) is 17.8 Å². The van der Waals surface area contributed by atoms with Crippen molar-refractivity contribution in [3.63, 3.8) is 0 Å². The number of carbonyl (C=O) groups is 1. The third kappa shape index (κ3) is 4.10. The molecule has 1 amide bonds. The first-order valence-electron chi connectivity index (χ1n) is 9.45. The standard InChI is InChI=1S/C21H20ClFN4O2/c1-2-27-19(25-21(26-27)13-7-8-15(22)16(23)11-13)12-20(28)24-17-9-10-29-18-6-4-3-5-14(17)18/h3-8,11,17H,2,9-10,12H2,1H3,(H,24,28)/t17-/m0/s1. The van der Waals surface area contributed by atoms with E-state index in [9.17, 15) is 9.18 Å². The topological polar surface area (TPSA) is 69.0 Å². The molecule has 3 aromatic rings. The zero-order chi connectivity index (χ0) is 20.4. The van der Waals surface area contributed by atoms with Crippen LogP contribution in [0.15, 0.2) is 42.5 Å². The lowest BCUT2D eigenvalue weighted by Crippen LogP contribution is -2.33. The van der Waals surface area contributed by atoms with Gasteiger partial charge in [-0.2, -0.15) is 5.10 Å². The van der Waals surface area contributed by atoms with E-state index in [1.54, 1.807) is 10.7 Å². The highest BCUT2D eigenvalue weighted by atomic mass is 35.5. The van der Waals surface area contributed by atoms with Crippen molar-refractivity contribution in [3.05, 3.63) is 64.7 Å². The molecule has 150 valence electrons. The van der Waals surface area contributed by atoms with Gasteiger partial charge in [-0.25, -0.2) is 14.1 Å². The third-order valence-corrected chi connectivity index (χ3v) is 5.14. The van der Waals surface area contributed by atoms with Gasteiger partial charge >= 0.3 is 0 Å². The molecule has 2 heterocycles. The van der Waals surface area contributed by atoms with E-state index in [2.05, 4.69) is 15.4 Å². The highest BCUT2D eigenvalue weighted by Crippen LogP contribution is 2.31. The summed E-state index contributed by atoms with van der Waals surface area (Å²) in [7, 11) is 0. The molecule has 0 fully saturated rings. The first-order chi connectivity index (χ1) is 14.0. The maximum absolute atomic E-state index is 13.8. The highest BCUT2D eigenvalue weighted by molar-refractivity contribution is 6.30. The molecule has 6 nitrogen and oxygen atoms in total. The average molecular weight is 415 g/mol. The van der Waals surface area contributed by atoms with Crippen molar-refractivity contribution in [1.82, 2.24) is 20.1 Å². The molecule has 8 heteroatoms. The maximum atomic E-state index is 13.8. The molecule has 1 aliphatic heterocycles. The quantitative estimate of drug-likeness (QED) is 0.686. The Bertz CT molecular complexity index is 1050. The van der Waals surface area contributed by atoms with E-state index in [0.717, 1.165) is 11.3 Å². The number of halogens is 2. The maximum Gasteiger partial charge on any atom is 0.228 e. The predicted molar refractivity (Wildman–Crippen MR) is 107 cm³/mol. The van der Waals surface area contributed by atoms with Gasteiger partial charge in [0.25, 0.3) is 0 Å². The van der Waals surface area contributed by atoms with E-state index in [1.165, 1.54) is 12.1 Å². The second kappa shape index (κ2) is 8.21. The van der Waals surface area contributed by atoms with Gasteiger partial charge in [0.05, 0.1) is 24.1 Å². The zero-order valence-electron chi connectivity index (χ0n) is 15.9. The van der Waals surface area contributed by atoms with Crippen LogP contribution in [0.4, 0.5) is 4.39 Å². The van der Waals surface area contributed by atoms with Gasteiger partial charge in [0.2, 0.25) is 5.91 Å². The Morgan fingerprint density at radius 3 is 2.97 bits per heavy atom. The lowest BCUT2D eigenvalue weighted by molar-refractivity contribution is -0.121. The number of benzene rings is 2. The number of carbonyl (C=O) groups excluding carboxylic acids is 1. The summed E-state index contributed by atoms with van der Waals surface area (Å²) < 4.78 is 21.1. The Balaban J connectivity index is 1.51. The first kappa shape index (κ1) is 19.4. The van der Waals surface area contributed by atoms with Crippen LogP contribution < -0.4 is 10.1 Å². The summed E-state index contributed by atoms with van der Waals surface area (Å²) in [4.78, 5) is 17.1. The molecule has 2 aromatic carbocycles. The van der Waals surface area contributed by atoms with Crippen LogP contribution in [0.3, 0.4) is 0 Å². The summed E-state index contributed by atoms with van der Waals surface area (Å²) >= 11 is 5.75. The van der Waals surface area contributed by atoms with Crippen LogP contribution in [0.5, 0.6) is 5.75 Å². The minimum absolute atomic E-state index is 0.0417. The van der Waals surface area contributed by atoms with E-state index in [-0.39, 0.29) is 23.4 Å². The van der Waals surface area contributed by atoms with Crippen LogP contribution in [0.25, 0.3) is 11.4 Å². The van der Waals surface area contributed by atoms with E-state index in [0.29, 0.717) is 36.8 Å². The monoisotopic (exact) mass is 414 g/mol. The van der Waals surface area contributed by atoms with Gasteiger partial charge in [0, 0.05) is 24.1 Å². The minimum Gasteiger partial charge on any atom is -0.493 e. The number of ether oxygens (including phenoxy) is 1. The van der Waals surface area contributed by atoms with Crippen molar-refractivity contribution >= 4 is 17.5 Å². The fourth-order valence-electron chi connectivity index (χ4n) is 3.40. The summed E-state index contributed by atoms with van der Waals surface area (Å²) in [6.45, 7) is 3.02. The summed E-state index contributed by atoms with van der Waals surface area (Å²) in [5.74, 6) is 1.00. The second-order valence-electron chi connectivity index (χ2n) is 6.77. The smallest absolute Gasteiger partial charge is 0.228 e.